The Morgan fingerprint density at radius 3 is 2.88 bits per heavy atom. The Hall–Kier alpha value is -1.27. The molecule has 2 unspecified atom stereocenters. The van der Waals surface area contributed by atoms with Crippen LogP contribution >= 0.6 is 11.8 Å². The molecule has 2 amide bonds. The summed E-state index contributed by atoms with van der Waals surface area (Å²) in [7, 11) is 0. The molecule has 0 aromatic heterocycles. The Kier molecular flexibility index (Phi) is 4.68. The lowest BCUT2D eigenvalue weighted by atomic mass is 10.0. The summed E-state index contributed by atoms with van der Waals surface area (Å²) in [6.07, 6.45) is 4.49. The fourth-order valence-electron chi connectivity index (χ4n) is 4.11. The Bertz CT molecular complexity index is 620. The second-order valence-electron chi connectivity index (χ2n) is 6.93. The number of amides is 2. The number of urea groups is 1. The zero-order chi connectivity index (χ0) is 16.5. The lowest BCUT2D eigenvalue weighted by Crippen LogP contribution is -2.43. The fourth-order valence-corrected chi connectivity index (χ4v) is 5.25. The van der Waals surface area contributed by atoms with E-state index in [1.165, 1.54) is 32.0 Å². The molecule has 0 radical (unpaired) electrons. The lowest BCUT2D eigenvalue weighted by Gasteiger charge is -2.29. The van der Waals surface area contributed by atoms with E-state index in [4.69, 9.17) is 0 Å². The molecule has 1 N–H and O–H groups in total. The van der Waals surface area contributed by atoms with E-state index in [0.29, 0.717) is 10.9 Å². The first-order valence-electron chi connectivity index (χ1n) is 8.93. The first kappa shape index (κ1) is 16.2. The van der Waals surface area contributed by atoms with Gasteiger partial charge in [-0.05, 0) is 50.4 Å². The van der Waals surface area contributed by atoms with Gasteiger partial charge in [-0.3, -0.25) is 4.90 Å². The van der Waals surface area contributed by atoms with E-state index in [2.05, 4.69) is 10.2 Å². The van der Waals surface area contributed by atoms with E-state index >= 15 is 0 Å². The van der Waals surface area contributed by atoms with Crippen molar-refractivity contribution in [1.82, 2.24) is 15.1 Å². The van der Waals surface area contributed by atoms with Gasteiger partial charge in [-0.1, -0.05) is 12.1 Å². The minimum atomic E-state index is -0.174. The van der Waals surface area contributed by atoms with Crippen molar-refractivity contribution in [3.8, 4) is 0 Å². The van der Waals surface area contributed by atoms with Crippen molar-refractivity contribution in [2.24, 2.45) is 0 Å². The van der Waals surface area contributed by atoms with Gasteiger partial charge in [0, 0.05) is 29.8 Å². The monoisotopic (exact) mass is 349 g/mol. The van der Waals surface area contributed by atoms with Crippen LogP contribution in [0.4, 0.5) is 9.18 Å². The third-order valence-electron chi connectivity index (χ3n) is 5.43. The maximum absolute atomic E-state index is 14.0. The number of hydrogen-bond acceptors (Lipinski definition) is 3. The van der Waals surface area contributed by atoms with Gasteiger partial charge in [0.15, 0.2) is 0 Å². The minimum absolute atomic E-state index is 0.00353. The van der Waals surface area contributed by atoms with Crippen LogP contribution in [0.3, 0.4) is 0 Å². The molecule has 24 heavy (non-hydrogen) atoms. The number of thioether (sulfide) groups is 1. The molecular weight excluding hydrogens is 325 g/mol. The summed E-state index contributed by atoms with van der Waals surface area (Å²) in [5.74, 6) is 0.668. The zero-order valence-electron chi connectivity index (χ0n) is 13.8. The lowest BCUT2D eigenvalue weighted by molar-refractivity contribution is 0.194. The molecule has 0 spiro atoms. The van der Waals surface area contributed by atoms with Crippen LogP contribution in [-0.2, 0) is 0 Å². The summed E-state index contributed by atoms with van der Waals surface area (Å²) in [6, 6.07) is 5.62. The van der Waals surface area contributed by atoms with Gasteiger partial charge >= 0.3 is 6.03 Å². The Labute approximate surface area is 146 Å². The molecular formula is C18H24FN3OS. The van der Waals surface area contributed by atoms with Crippen molar-refractivity contribution in [3.05, 3.63) is 29.6 Å². The molecule has 130 valence electrons. The highest BCUT2D eigenvalue weighted by atomic mass is 32.2. The topological polar surface area (TPSA) is 35.6 Å². The van der Waals surface area contributed by atoms with Gasteiger partial charge in [0.05, 0.1) is 6.04 Å². The third-order valence-corrected chi connectivity index (χ3v) is 6.59. The van der Waals surface area contributed by atoms with Crippen molar-refractivity contribution in [1.29, 1.82) is 0 Å². The molecule has 3 aliphatic heterocycles. The van der Waals surface area contributed by atoms with E-state index in [1.54, 1.807) is 17.8 Å². The molecule has 2 saturated heterocycles. The van der Waals surface area contributed by atoms with Crippen molar-refractivity contribution in [2.75, 3.05) is 31.9 Å². The second-order valence-corrected chi connectivity index (χ2v) is 8.03. The molecule has 1 aromatic rings. The molecule has 2 fully saturated rings. The molecule has 4 rings (SSSR count). The molecule has 3 heterocycles. The van der Waals surface area contributed by atoms with Crippen LogP contribution in [0.1, 0.15) is 37.3 Å². The summed E-state index contributed by atoms with van der Waals surface area (Å²) in [4.78, 5) is 17.8. The van der Waals surface area contributed by atoms with E-state index < -0.39 is 0 Å². The quantitative estimate of drug-likeness (QED) is 0.890. The van der Waals surface area contributed by atoms with Crippen LogP contribution in [0.5, 0.6) is 0 Å². The fraction of sp³-hybridized carbons (Fsp3) is 0.611. The summed E-state index contributed by atoms with van der Waals surface area (Å²) in [5, 5.41) is 3.14. The number of likely N-dealkylation sites (tertiary alicyclic amines) is 2. The smallest absolute Gasteiger partial charge is 0.317 e. The van der Waals surface area contributed by atoms with Crippen molar-refractivity contribution >= 4 is 17.8 Å². The predicted molar refractivity (Wildman–Crippen MR) is 93.8 cm³/mol. The van der Waals surface area contributed by atoms with Crippen molar-refractivity contribution in [3.63, 3.8) is 0 Å². The number of halogens is 1. The molecule has 6 heteroatoms. The third kappa shape index (κ3) is 3.14. The number of fused-ring (bicyclic) bond motifs is 1. The van der Waals surface area contributed by atoms with Crippen LogP contribution in [0.2, 0.25) is 0 Å². The first-order chi connectivity index (χ1) is 11.7. The SMILES string of the molecule is O=C(NC1CCSc2c(F)cccc21)N1CCC(N2CCCC2)C1. The van der Waals surface area contributed by atoms with Gasteiger partial charge in [-0.25, -0.2) is 9.18 Å². The second kappa shape index (κ2) is 6.92. The number of carbonyl (C=O) groups excluding carboxylic acids is 1. The molecule has 1 aromatic carbocycles. The van der Waals surface area contributed by atoms with Crippen LogP contribution in [0.25, 0.3) is 0 Å². The van der Waals surface area contributed by atoms with Crippen LogP contribution < -0.4 is 5.32 Å². The number of benzene rings is 1. The minimum Gasteiger partial charge on any atom is -0.331 e. The number of rotatable bonds is 2. The summed E-state index contributed by atoms with van der Waals surface area (Å²) in [5.41, 5.74) is 0.926. The number of nitrogens with one attached hydrogen (secondary N) is 1. The predicted octanol–water partition coefficient (Wildman–Crippen LogP) is 3.24. The largest absolute Gasteiger partial charge is 0.331 e. The average molecular weight is 349 g/mol. The maximum atomic E-state index is 14.0. The van der Waals surface area contributed by atoms with Gasteiger partial charge in [0.25, 0.3) is 0 Å². The standard InChI is InChI=1S/C18H24FN3OS/c19-15-5-3-4-14-16(7-11-24-17(14)15)20-18(23)22-10-6-13(12-22)21-8-1-2-9-21/h3-5,13,16H,1-2,6-12H2,(H,20,23). The van der Waals surface area contributed by atoms with Gasteiger partial charge in [-0.15, -0.1) is 11.8 Å². The van der Waals surface area contributed by atoms with Gasteiger partial charge in [0.2, 0.25) is 0 Å². The Morgan fingerprint density at radius 2 is 2.04 bits per heavy atom. The summed E-state index contributed by atoms with van der Waals surface area (Å²) in [6.45, 7) is 3.99. The Balaban J connectivity index is 1.40. The zero-order valence-corrected chi connectivity index (χ0v) is 14.7. The van der Waals surface area contributed by atoms with E-state index in [0.717, 1.165) is 37.2 Å². The molecule has 0 bridgehead atoms. The summed E-state index contributed by atoms with van der Waals surface area (Å²) < 4.78 is 14.0. The van der Waals surface area contributed by atoms with E-state index in [1.807, 2.05) is 11.0 Å². The average Bonchev–Trinajstić information content (AvgIpc) is 3.27. The molecule has 3 aliphatic rings. The number of carbonyl (C=O) groups is 1. The summed E-state index contributed by atoms with van der Waals surface area (Å²) >= 11 is 1.55. The highest BCUT2D eigenvalue weighted by molar-refractivity contribution is 7.99. The van der Waals surface area contributed by atoms with Crippen LogP contribution in [0.15, 0.2) is 23.1 Å². The molecule has 4 nitrogen and oxygen atoms in total. The van der Waals surface area contributed by atoms with Crippen LogP contribution in [-0.4, -0.2) is 53.8 Å². The first-order valence-corrected chi connectivity index (χ1v) is 9.91. The highest BCUT2D eigenvalue weighted by Crippen LogP contribution is 2.37. The number of hydrogen-bond donors (Lipinski definition) is 1. The molecule has 2 atom stereocenters. The highest BCUT2D eigenvalue weighted by Gasteiger charge is 2.33. The maximum Gasteiger partial charge on any atom is 0.317 e. The van der Waals surface area contributed by atoms with Crippen molar-refractivity contribution in [2.45, 2.75) is 42.7 Å². The van der Waals surface area contributed by atoms with Crippen molar-refractivity contribution < 1.29 is 9.18 Å². The normalized spacial score (nSPS) is 27.3. The van der Waals surface area contributed by atoms with E-state index in [9.17, 15) is 9.18 Å². The molecule has 0 aliphatic carbocycles. The molecule has 0 saturated carbocycles. The van der Waals surface area contributed by atoms with Gasteiger partial charge in [-0.2, -0.15) is 0 Å². The Morgan fingerprint density at radius 1 is 1.21 bits per heavy atom. The van der Waals surface area contributed by atoms with Gasteiger partial charge < -0.3 is 10.2 Å². The van der Waals surface area contributed by atoms with Gasteiger partial charge in [0.1, 0.15) is 5.82 Å². The van der Waals surface area contributed by atoms with E-state index in [-0.39, 0.29) is 17.9 Å². The van der Waals surface area contributed by atoms with Crippen LogP contribution in [0, 0.1) is 5.82 Å². The number of nitrogens with zero attached hydrogens (tertiary/aromatic N) is 2.